The molecule has 0 bridgehead atoms. The van der Waals surface area contributed by atoms with Crippen LogP contribution in [0.3, 0.4) is 0 Å². The quantitative estimate of drug-likeness (QED) is 0.585. The van der Waals surface area contributed by atoms with E-state index in [0.29, 0.717) is 23.0 Å². The Labute approximate surface area is 89.9 Å². The molecule has 1 saturated heterocycles. The average molecular weight is 226 g/mol. The normalized spacial score (nSPS) is 32.4. The lowest BCUT2D eigenvalue weighted by Crippen LogP contribution is -2.21. The summed E-state index contributed by atoms with van der Waals surface area (Å²) in [5.41, 5.74) is 0. The lowest BCUT2D eigenvalue weighted by molar-refractivity contribution is -0.380. The fraction of sp³-hybridized carbons (Fsp3) is 0.625. The lowest BCUT2D eigenvalue weighted by atomic mass is 10.4. The number of nitro groups is 1. The van der Waals surface area contributed by atoms with Crippen molar-refractivity contribution < 1.29 is 4.92 Å². The molecule has 2 aliphatic rings. The van der Waals surface area contributed by atoms with Gasteiger partial charge in [-0.1, -0.05) is 0 Å². The summed E-state index contributed by atoms with van der Waals surface area (Å²) in [7, 11) is 0. The highest BCUT2D eigenvalue weighted by Gasteiger charge is 2.53. The molecule has 1 aliphatic carbocycles. The van der Waals surface area contributed by atoms with Gasteiger partial charge in [0.2, 0.25) is 0 Å². The number of hydrogen-bond acceptors (Lipinski definition) is 6. The van der Waals surface area contributed by atoms with Crippen LogP contribution in [0.1, 0.15) is 0 Å². The highest BCUT2D eigenvalue weighted by Crippen LogP contribution is 2.44. The second kappa shape index (κ2) is 3.14. The molecule has 80 valence electrons. The fourth-order valence-corrected chi connectivity index (χ4v) is 2.87. The van der Waals surface area contributed by atoms with Crippen LogP contribution in [0.25, 0.3) is 0 Å². The van der Waals surface area contributed by atoms with Crippen LogP contribution >= 0.6 is 11.3 Å². The van der Waals surface area contributed by atoms with Crippen molar-refractivity contribution in [2.24, 2.45) is 11.8 Å². The molecule has 0 spiro atoms. The Bertz CT molecular complexity index is 397. The first kappa shape index (κ1) is 9.05. The van der Waals surface area contributed by atoms with Crippen LogP contribution in [0.15, 0.2) is 6.20 Å². The van der Waals surface area contributed by atoms with Gasteiger partial charge in [-0.25, -0.2) is 4.98 Å². The van der Waals surface area contributed by atoms with Gasteiger partial charge in [-0.2, -0.15) is 0 Å². The Morgan fingerprint density at radius 2 is 2.33 bits per heavy atom. The highest BCUT2D eigenvalue weighted by molar-refractivity contribution is 7.18. The van der Waals surface area contributed by atoms with Gasteiger partial charge >= 0.3 is 5.00 Å². The topological polar surface area (TPSA) is 80.1 Å². The zero-order valence-corrected chi connectivity index (χ0v) is 8.66. The highest BCUT2D eigenvalue weighted by atomic mass is 32.1. The second-order valence-corrected chi connectivity index (χ2v) is 4.93. The van der Waals surface area contributed by atoms with Crippen molar-refractivity contribution in [3.63, 3.8) is 0 Å². The van der Waals surface area contributed by atoms with Crippen LogP contribution in [-0.2, 0) is 0 Å². The van der Waals surface area contributed by atoms with Crippen molar-refractivity contribution in [2.75, 3.05) is 18.4 Å². The standard InChI is InChI=1S/C8H10N4O2S/c13-12(14)6-3-10-8(15-6)11-7-4-1-9-2-5(4)7/h3-5,7,9H,1-2H2,(H,10,11). The number of anilines is 1. The molecular formula is C8H10N4O2S. The molecule has 2 atom stereocenters. The van der Waals surface area contributed by atoms with Gasteiger partial charge in [-0.3, -0.25) is 10.1 Å². The average Bonchev–Trinajstić information content (AvgIpc) is 2.64. The number of piperidine rings is 1. The van der Waals surface area contributed by atoms with E-state index >= 15 is 0 Å². The molecule has 1 aliphatic heterocycles. The maximum absolute atomic E-state index is 10.4. The van der Waals surface area contributed by atoms with E-state index in [1.807, 2.05) is 0 Å². The first-order valence-corrected chi connectivity index (χ1v) is 5.65. The molecule has 6 nitrogen and oxygen atoms in total. The zero-order chi connectivity index (χ0) is 10.4. The number of fused-ring (bicyclic) bond motifs is 1. The van der Waals surface area contributed by atoms with Crippen LogP contribution in [0.5, 0.6) is 0 Å². The summed E-state index contributed by atoms with van der Waals surface area (Å²) in [6.45, 7) is 2.10. The third-order valence-corrected chi connectivity index (χ3v) is 3.94. The van der Waals surface area contributed by atoms with E-state index < -0.39 is 4.92 Å². The largest absolute Gasteiger partial charge is 0.358 e. The van der Waals surface area contributed by atoms with Crippen molar-refractivity contribution in [1.29, 1.82) is 0 Å². The number of thiazole rings is 1. The monoisotopic (exact) mass is 226 g/mol. The van der Waals surface area contributed by atoms with Gasteiger partial charge in [-0.15, -0.1) is 0 Å². The molecule has 15 heavy (non-hydrogen) atoms. The molecule has 1 saturated carbocycles. The summed E-state index contributed by atoms with van der Waals surface area (Å²) in [4.78, 5) is 14.0. The Balaban J connectivity index is 1.65. The molecule has 3 rings (SSSR count). The molecule has 2 heterocycles. The van der Waals surface area contributed by atoms with Crippen LogP contribution in [-0.4, -0.2) is 29.0 Å². The summed E-state index contributed by atoms with van der Waals surface area (Å²) in [6.07, 6.45) is 1.31. The molecule has 0 amide bonds. The minimum Gasteiger partial charge on any atom is -0.358 e. The zero-order valence-electron chi connectivity index (χ0n) is 7.84. The number of aromatic nitrogens is 1. The van der Waals surface area contributed by atoms with Gasteiger partial charge in [0.1, 0.15) is 6.20 Å². The van der Waals surface area contributed by atoms with Crippen LogP contribution in [0, 0.1) is 22.0 Å². The van der Waals surface area contributed by atoms with E-state index in [9.17, 15) is 10.1 Å². The van der Waals surface area contributed by atoms with Gasteiger partial charge in [-0.05, 0) is 23.2 Å². The van der Waals surface area contributed by atoms with E-state index in [1.54, 1.807) is 0 Å². The predicted octanol–water partition coefficient (Wildman–Crippen LogP) is 0.681. The molecule has 0 aromatic carbocycles. The van der Waals surface area contributed by atoms with Gasteiger partial charge in [0.25, 0.3) is 0 Å². The first-order chi connectivity index (χ1) is 7.25. The van der Waals surface area contributed by atoms with Gasteiger partial charge < -0.3 is 10.6 Å². The van der Waals surface area contributed by atoms with E-state index in [-0.39, 0.29) is 5.00 Å². The summed E-state index contributed by atoms with van der Waals surface area (Å²) in [5, 5.41) is 17.8. The molecule has 2 N–H and O–H groups in total. The Morgan fingerprint density at radius 1 is 1.60 bits per heavy atom. The maximum Gasteiger partial charge on any atom is 0.345 e. The number of nitrogens with one attached hydrogen (secondary N) is 2. The van der Waals surface area contributed by atoms with Crippen molar-refractivity contribution in [3.05, 3.63) is 16.3 Å². The Morgan fingerprint density at radius 3 is 2.93 bits per heavy atom. The van der Waals surface area contributed by atoms with Crippen LogP contribution in [0.4, 0.5) is 10.1 Å². The van der Waals surface area contributed by atoms with E-state index in [4.69, 9.17) is 0 Å². The lowest BCUT2D eigenvalue weighted by Gasteiger charge is -2.04. The molecule has 1 aromatic rings. The van der Waals surface area contributed by atoms with Crippen molar-refractivity contribution in [3.8, 4) is 0 Å². The predicted molar refractivity (Wildman–Crippen MR) is 56.0 cm³/mol. The third-order valence-electron chi connectivity index (χ3n) is 3.06. The van der Waals surface area contributed by atoms with E-state index in [2.05, 4.69) is 15.6 Å². The summed E-state index contributed by atoms with van der Waals surface area (Å²) in [5.74, 6) is 1.38. The SMILES string of the molecule is O=[N+]([O-])c1cnc(NC2C3CNCC32)s1. The molecule has 2 unspecified atom stereocenters. The summed E-state index contributed by atoms with van der Waals surface area (Å²) >= 11 is 1.11. The van der Waals surface area contributed by atoms with E-state index in [1.165, 1.54) is 6.20 Å². The van der Waals surface area contributed by atoms with Crippen LogP contribution in [0.2, 0.25) is 0 Å². The maximum atomic E-state index is 10.4. The molecular weight excluding hydrogens is 216 g/mol. The third kappa shape index (κ3) is 1.47. The number of rotatable bonds is 3. The van der Waals surface area contributed by atoms with Gasteiger partial charge in [0, 0.05) is 19.1 Å². The Hall–Kier alpha value is -1.21. The van der Waals surface area contributed by atoms with E-state index in [0.717, 1.165) is 24.4 Å². The minimum absolute atomic E-state index is 0.0986. The second-order valence-electron chi connectivity index (χ2n) is 3.92. The smallest absolute Gasteiger partial charge is 0.345 e. The van der Waals surface area contributed by atoms with Crippen molar-refractivity contribution in [1.82, 2.24) is 10.3 Å². The number of nitrogens with zero attached hydrogens (tertiary/aromatic N) is 2. The van der Waals surface area contributed by atoms with Gasteiger partial charge in [0.15, 0.2) is 5.13 Å². The molecule has 1 aromatic heterocycles. The minimum atomic E-state index is -0.405. The summed E-state index contributed by atoms with van der Waals surface area (Å²) < 4.78 is 0. The van der Waals surface area contributed by atoms with Crippen LogP contribution < -0.4 is 10.6 Å². The first-order valence-electron chi connectivity index (χ1n) is 4.83. The fourth-order valence-electron chi connectivity index (χ4n) is 2.19. The Kier molecular flexibility index (Phi) is 1.89. The van der Waals surface area contributed by atoms with Gasteiger partial charge in [0.05, 0.1) is 4.92 Å². The number of hydrogen-bond donors (Lipinski definition) is 2. The van der Waals surface area contributed by atoms with Crippen molar-refractivity contribution >= 4 is 21.5 Å². The molecule has 7 heteroatoms. The summed E-state index contributed by atoms with van der Waals surface area (Å²) in [6, 6.07) is 0.469. The molecule has 2 fully saturated rings. The van der Waals surface area contributed by atoms with Crippen molar-refractivity contribution in [2.45, 2.75) is 6.04 Å². The molecule has 0 radical (unpaired) electrons.